The quantitative estimate of drug-likeness (QED) is 0.455. The Kier molecular flexibility index (Phi) is 7.88. The van der Waals surface area contributed by atoms with Crippen LogP contribution in [0, 0.1) is 0 Å². The van der Waals surface area contributed by atoms with Gasteiger partial charge in [-0.1, -0.05) is 65.7 Å². The van der Waals surface area contributed by atoms with Gasteiger partial charge in [-0.15, -0.1) is 0 Å². The molecule has 3 rings (SSSR count). The van der Waals surface area contributed by atoms with E-state index in [0.717, 1.165) is 16.3 Å². The number of hydrogen-bond acceptors (Lipinski definition) is 3. The molecule has 0 aliphatic carbocycles. The molecule has 1 N–H and O–H groups in total. The maximum atomic E-state index is 13.3. The molecule has 3 aromatic rings. The van der Waals surface area contributed by atoms with Gasteiger partial charge in [0.25, 0.3) is 5.91 Å². The Hall–Kier alpha value is -2.76. The van der Waals surface area contributed by atoms with Gasteiger partial charge in [-0.25, -0.2) is 0 Å². The predicted molar refractivity (Wildman–Crippen MR) is 134 cm³/mol. The third-order valence-corrected chi connectivity index (χ3v) is 5.84. The molecule has 174 valence electrons. The molecule has 1 unspecified atom stereocenters. The molecule has 5 nitrogen and oxygen atoms in total. The zero-order valence-corrected chi connectivity index (χ0v) is 20.7. The van der Waals surface area contributed by atoms with Crippen LogP contribution in [0.15, 0.2) is 60.7 Å². The van der Waals surface area contributed by atoms with Gasteiger partial charge < -0.3 is 15.0 Å². The maximum absolute atomic E-state index is 13.3. The molecule has 3 aromatic carbocycles. The van der Waals surface area contributed by atoms with E-state index in [9.17, 15) is 9.59 Å². The molecular weight excluding hydrogens is 459 g/mol. The SMILES string of the molecule is CC(C(=O)NC(C)(C)C)N(Cc1ccc(Cl)c(Cl)c1)C(=O)COc1cccc2ccccc12. The number of nitrogens with zero attached hydrogens (tertiary/aromatic N) is 1. The highest BCUT2D eigenvalue weighted by Gasteiger charge is 2.29. The van der Waals surface area contributed by atoms with E-state index in [-0.39, 0.29) is 25.0 Å². The smallest absolute Gasteiger partial charge is 0.261 e. The maximum Gasteiger partial charge on any atom is 0.261 e. The number of ether oxygens (including phenoxy) is 1. The van der Waals surface area contributed by atoms with Gasteiger partial charge in [0.15, 0.2) is 6.61 Å². The van der Waals surface area contributed by atoms with Gasteiger partial charge in [-0.2, -0.15) is 0 Å². The van der Waals surface area contributed by atoms with E-state index >= 15 is 0 Å². The van der Waals surface area contributed by atoms with E-state index in [1.54, 1.807) is 25.1 Å². The summed E-state index contributed by atoms with van der Waals surface area (Å²) in [7, 11) is 0. The Bertz CT molecular complexity index is 1150. The summed E-state index contributed by atoms with van der Waals surface area (Å²) < 4.78 is 5.90. The van der Waals surface area contributed by atoms with E-state index in [2.05, 4.69) is 5.32 Å². The molecule has 1 atom stereocenters. The van der Waals surface area contributed by atoms with Crippen LogP contribution in [0.3, 0.4) is 0 Å². The number of rotatable bonds is 7. The summed E-state index contributed by atoms with van der Waals surface area (Å²) >= 11 is 12.2. The Balaban J connectivity index is 1.82. The minimum Gasteiger partial charge on any atom is -0.483 e. The van der Waals surface area contributed by atoms with E-state index in [1.807, 2.05) is 63.2 Å². The number of fused-ring (bicyclic) bond motifs is 1. The van der Waals surface area contributed by atoms with Gasteiger partial charge in [0.1, 0.15) is 11.8 Å². The first kappa shape index (κ1) is 24.9. The van der Waals surface area contributed by atoms with Crippen molar-refractivity contribution in [1.29, 1.82) is 0 Å². The van der Waals surface area contributed by atoms with Gasteiger partial charge in [-0.3, -0.25) is 9.59 Å². The molecule has 0 aliphatic rings. The fraction of sp³-hybridized carbons (Fsp3) is 0.308. The molecule has 33 heavy (non-hydrogen) atoms. The fourth-order valence-corrected chi connectivity index (χ4v) is 3.76. The third kappa shape index (κ3) is 6.62. The Labute approximate surface area is 204 Å². The van der Waals surface area contributed by atoms with Crippen molar-refractivity contribution in [2.24, 2.45) is 0 Å². The highest BCUT2D eigenvalue weighted by atomic mass is 35.5. The second-order valence-electron chi connectivity index (χ2n) is 8.95. The fourth-order valence-electron chi connectivity index (χ4n) is 3.44. The van der Waals surface area contributed by atoms with Gasteiger partial charge >= 0.3 is 0 Å². The lowest BCUT2D eigenvalue weighted by Crippen LogP contribution is -2.53. The van der Waals surface area contributed by atoms with Gasteiger partial charge in [-0.05, 0) is 56.8 Å². The summed E-state index contributed by atoms with van der Waals surface area (Å²) in [5.41, 5.74) is 0.335. The molecule has 0 fully saturated rings. The minimum atomic E-state index is -0.720. The number of carbonyl (C=O) groups excluding carboxylic acids is 2. The Morgan fingerprint density at radius 1 is 1.00 bits per heavy atom. The monoisotopic (exact) mass is 486 g/mol. The lowest BCUT2D eigenvalue weighted by Gasteiger charge is -2.31. The highest BCUT2D eigenvalue weighted by Crippen LogP contribution is 2.26. The van der Waals surface area contributed by atoms with E-state index in [0.29, 0.717) is 15.8 Å². The van der Waals surface area contributed by atoms with Crippen molar-refractivity contribution in [1.82, 2.24) is 10.2 Å². The highest BCUT2D eigenvalue weighted by molar-refractivity contribution is 6.42. The standard InChI is InChI=1S/C26H28Cl2N2O3/c1-17(25(32)29-26(2,3)4)30(15-18-12-13-21(27)22(28)14-18)24(31)16-33-23-11-7-9-19-8-5-6-10-20(19)23/h5-14,17H,15-16H2,1-4H3,(H,29,32). The number of benzene rings is 3. The average molecular weight is 487 g/mol. The topological polar surface area (TPSA) is 58.6 Å². The van der Waals surface area contributed by atoms with Crippen LogP contribution in [-0.2, 0) is 16.1 Å². The Morgan fingerprint density at radius 3 is 2.39 bits per heavy atom. The number of amides is 2. The molecule has 0 bridgehead atoms. The van der Waals surface area contributed by atoms with Crippen LogP contribution in [0.4, 0.5) is 0 Å². The second kappa shape index (κ2) is 10.4. The number of carbonyl (C=O) groups is 2. The summed E-state index contributed by atoms with van der Waals surface area (Å²) in [6.45, 7) is 7.37. The molecule has 0 heterocycles. The zero-order chi connectivity index (χ0) is 24.2. The van der Waals surface area contributed by atoms with E-state index < -0.39 is 11.6 Å². The van der Waals surface area contributed by atoms with Crippen LogP contribution in [0.1, 0.15) is 33.3 Å². The molecule has 7 heteroatoms. The summed E-state index contributed by atoms with van der Waals surface area (Å²) in [5, 5.41) is 5.69. The zero-order valence-electron chi connectivity index (χ0n) is 19.2. The molecule has 0 saturated carbocycles. The van der Waals surface area contributed by atoms with Gasteiger partial charge in [0, 0.05) is 17.5 Å². The molecule has 0 saturated heterocycles. The first-order valence-electron chi connectivity index (χ1n) is 10.7. The van der Waals surface area contributed by atoms with Gasteiger partial charge in [0.05, 0.1) is 10.0 Å². The van der Waals surface area contributed by atoms with Crippen molar-refractivity contribution in [3.63, 3.8) is 0 Å². The minimum absolute atomic E-state index is 0.188. The Morgan fingerprint density at radius 2 is 1.70 bits per heavy atom. The average Bonchev–Trinajstić information content (AvgIpc) is 2.76. The van der Waals surface area contributed by atoms with Crippen molar-refractivity contribution in [3.05, 3.63) is 76.3 Å². The van der Waals surface area contributed by atoms with Crippen LogP contribution in [-0.4, -0.2) is 34.9 Å². The van der Waals surface area contributed by atoms with Crippen molar-refractivity contribution in [2.75, 3.05) is 6.61 Å². The summed E-state index contributed by atoms with van der Waals surface area (Å²) in [4.78, 5) is 27.6. The summed E-state index contributed by atoms with van der Waals surface area (Å²) in [6.07, 6.45) is 0. The van der Waals surface area contributed by atoms with Gasteiger partial charge in [0.2, 0.25) is 5.91 Å². The number of halogens is 2. The van der Waals surface area contributed by atoms with Crippen molar-refractivity contribution in [3.8, 4) is 5.75 Å². The molecular formula is C26H28Cl2N2O3. The van der Waals surface area contributed by atoms with Crippen LogP contribution < -0.4 is 10.1 Å². The van der Waals surface area contributed by atoms with E-state index in [4.69, 9.17) is 27.9 Å². The van der Waals surface area contributed by atoms with Crippen molar-refractivity contribution in [2.45, 2.75) is 45.8 Å². The summed E-state index contributed by atoms with van der Waals surface area (Å²) in [5.74, 6) is 0.0503. The lowest BCUT2D eigenvalue weighted by atomic mass is 10.1. The molecule has 2 amide bonds. The third-order valence-electron chi connectivity index (χ3n) is 5.10. The molecule has 0 aromatic heterocycles. The largest absolute Gasteiger partial charge is 0.483 e. The predicted octanol–water partition coefficient (Wildman–Crippen LogP) is 5.86. The van der Waals surface area contributed by atoms with Crippen LogP contribution in [0.5, 0.6) is 5.75 Å². The molecule has 0 aliphatic heterocycles. The van der Waals surface area contributed by atoms with Crippen molar-refractivity contribution >= 4 is 45.8 Å². The second-order valence-corrected chi connectivity index (χ2v) is 9.77. The summed E-state index contributed by atoms with van der Waals surface area (Å²) in [6, 6.07) is 17.9. The first-order valence-corrected chi connectivity index (χ1v) is 11.5. The normalized spacial score (nSPS) is 12.3. The van der Waals surface area contributed by atoms with Crippen LogP contribution in [0.25, 0.3) is 10.8 Å². The molecule has 0 radical (unpaired) electrons. The lowest BCUT2D eigenvalue weighted by molar-refractivity contribution is -0.142. The van der Waals surface area contributed by atoms with Crippen molar-refractivity contribution < 1.29 is 14.3 Å². The number of hydrogen-bond donors (Lipinski definition) is 1. The van der Waals surface area contributed by atoms with E-state index in [1.165, 1.54) is 4.90 Å². The molecule has 0 spiro atoms. The number of nitrogens with one attached hydrogen (secondary N) is 1. The van der Waals surface area contributed by atoms with Crippen LogP contribution >= 0.6 is 23.2 Å². The van der Waals surface area contributed by atoms with Crippen LogP contribution in [0.2, 0.25) is 10.0 Å². The first-order chi connectivity index (χ1) is 15.5.